The predicted molar refractivity (Wildman–Crippen MR) is 86.9 cm³/mol. The lowest BCUT2D eigenvalue weighted by molar-refractivity contribution is 0.192. The van der Waals surface area contributed by atoms with Gasteiger partial charge in [0.1, 0.15) is 0 Å². The highest BCUT2D eigenvalue weighted by Crippen LogP contribution is 2.36. The van der Waals surface area contributed by atoms with Crippen molar-refractivity contribution in [1.29, 1.82) is 0 Å². The van der Waals surface area contributed by atoms with Crippen LogP contribution in [0.3, 0.4) is 0 Å². The van der Waals surface area contributed by atoms with Gasteiger partial charge in [0.25, 0.3) is 0 Å². The number of phosphoric acid groups is 1. The Hall–Kier alpha value is -1.65. The minimum Gasteiger partial charge on any atom is -0.338 e. The standard InChI is InChI=1S/C16H18NO4P/c1-11-3-5-15-13(9-11)14-10-12(2)4-6-16(14)17(15)7-8-21-22(18,19)20/h3-6,9-10H,7-8H2,1-2H3,(H2,18,19,20). The van der Waals surface area contributed by atoms with Crippen LogP contribution in [0.1, 0.15) is 11.1 Å². The summed E-state index contributed by atoms with van der Waals surface area (Å²) in [5, 5.41) is 2.30. The van der Waals surface area contributed by atoms with E-state index in [1.54, 1.807) is 0 Å². The molecule has 0 aliphatic heterocycles. The molecule has 0 spiro atoms. The molecule has 116 valence electrons. The summed E-state index contributed by atoms with van der Waals surface area (Å²) in [4.78, 5) is 17.7. The van der Waals surface area contributed by atoms with Crippen LogP contribution in [-0.2, 0) is 15.6 Å². The van der Waals surface area contributed by atoms with Gasteiger partial charge in [-0.15, -0.1) is 0 Å². The Morgan fingerprint density at radius 3 is 1.95 bits per heavy atom. The third kappa shape index (κ3) is 2.94. The number of hydrogen-bond acceptors (Lipinski definition) is 2. The topological polar surface area (TPSA) is 71.7 Å². The van der Waals surface area contributed by atoms with Crippen molar-refractivity contribution in [2.75, 3.05) is 6.61 Å². The van der Waals surface area contributed by atoms with Gasteiger partial charge in [-0.05, 0) is 38.1 Å². The van der Waals surface area contributed by atoms with Gasteiger partial charge >= 0.3 is 7.82 Å². The van der Waals surface area contributed by atoms with Gasteiger partial charge in [-0.3, -0.25) is 4.52 Å². The van der Waals surface area contributed by atoms with Gasteiger partial charge in [0.2, 0.25) is 0 Å². The van der Waals surface area contributed by atoms with Gasteiger partial charge in [-0.25, -0.2) is 4.57 Å². The summed E-state index contributed by atoms with van der Waals surface area (Å²) in [6.07, 6.45) is 0. The van der Waals surface area contributed by atoms with Crippen LogP contribution in [0.15, 0.2) is 36.4 Å². The SMILES string of the molecule is Cc1ccc2c(c1)c1cc(C)ccc1n2CCOP(=O)(O)O. The van der Waals surface area contributed by atoms with Crippen molar-refractivity contribution in [3.05, 3.63) is 47.5 Å². The van der Waals surface area contributed by atoms with E-state index in [9.17, 15) is 4.57 Å². The molecule has 2 N–H and O–H groups in total. The lowest BCUT2D eigenvalue weighted by Crippen LogP contribution is -2.04. The van der Waals surface area contributed by atoms with E-state index in [1.165, 1.54) is 11.1 Å². The number of benzene rings is 2. The third-order valence-corrected chi connectivity index (χ3v) is 4.27. The first-order valence-electron chi connectivity index (χ1n) is 7.04. The number of rotatable bonds is 4. The number of fused-ring (bicyclic) bond motifs is 3. The highest BCUT2D eigenvalue weighted by molar-refractivity contribution is 7.46. The fraction of sp³-hybridized carbons (Fsp3) is 0.250. The summed E-state index contributed by atoms with van der Waals surface area (Å²) >= 11 is 0. The van der Waals surface area contributed by atoms with Crippen LogP contribution < -0.4 is 0 Å². The van der Waals surface area contributed by atoms with Crippen LogP contribution in [0.4, 0.5) is 0 Å². The molecule has 0 aliphatic rings. The zero-order chi connectivity index (χ0) is 15.9. The summed E-state index contributed by atoms with van der Waals surface area (Å²) in [6, 6.07) is 12.4. The first-order valence-corrected chi connectivity index (χ1v) is 8.57. The molecule has 0 amide bonds. The zero-order valence-corrected chi connectivity index (χ0v) is 13.4. The molecular weight excluding hydrogens is 301 g/mol. The van der Waals surface area contributed by atoms with Gasteiger partial charge in [-0.2, -0.15) is 0 Å². The van der Waals surface area contributed by atoms with E-state index < -0.39 is 7.82 Å². The van der Waals surface area contributed by atoms with E-state index in [0.717, 1.165) is 21.8 Å². The molecule has 3 rings (SSSR count). The molecule has 1 heterocycles. The molecule has 0 saturated carbocycles. The van der Waals surface area contributed by atoms with Crippen LogP contribution in [0, 0.1) is 13.8 Å². The smallest absolute Gasteiger partial charge is 0.338 e. The van der Waals surface area contributed by atoms with E-state index in [4.69, 9.17) is 9.79 Å². The highest BCUT2D eigenvalue weighted by atomic mass is 31.2. The Labute approximate surface area is 128 Å². The third-order valence-electron chi connectivity index (χ3n) is 3.75. The molecule has 0 fully saturated rings. The fourth-order valence-corrected chi connectivity index (χ4v) is 3.14. The molecular formula is C16H18NO4P. The lowest BCUT2D eigenvalue weighted by atomic mass is 10.1. The molecule has 6 heteroatoms. The van der Waals surface area contributed by atoms with Gasteiger partial charge in [-0.1, -0.05) is 23.3 Å². The normalized spacial score (nSPS) is 12.4. The maximum Gasteiger partial charge on any atom is 0.469 e. The Morgan fingerprint density at radius 1 is 1.00 bits per heavy atom. The van der Waals surface area contributed by atoms with Crippen molar-refractivity contribution in [3.8, 4) is 0 Å². The zero-order valence-electron chi connectivity index (χ0n) is 12.5. The molecule has 0 unspecified atom stereocenters. The van der Waals surface area contributed by atoms with Crippen LogP contribution in [0.5, 0.6) is 0 Å². The number of hydrogen-bond donors (Lipinski definition) is 2. The fourth-order valence-electron chi connectivity index (χ4n) is 2.82. The first-order chi connectivity index (χ1) is 10.3. The van der Waals surface area contributed by atoms with E-state index in [-0.39, 0.29) is 6.61 Å². The molecule has 5 nitrogen and oxygen atoms in total. The average Bonchev–Trinajstić information content (AvgIpc) is 2.71. The van der Waals surface area contributed by atoms with E-state index in [0.29, 0.717) is 6.54 Å². The number of nitrogens with zero attached hydrogens (tertiary/aromatic N) is 1. The molecule has 0 atom stereocenters. The summed E-state index contributed by atoms with van der Waals surface area (Å²) < 4.78 is 17.5. The minimum atomic E-state index is -4.43. The highest BCUT2D eigenvalue weighted by Gasteiger charge is 2.15. The van der Waals surface area contributed by atoms with Gasteiger partial charge in [0.05, 0.1) is 6.61 Å². The van der Waals surface area contributed by atoms with Gasteiger partial charge in [0.15, 0.2) is 0 Å². The Balaban J connectivity index is 2.12. The van der Waals surface area contributed by atoms with Crippen molar-refractivity contribution >= 4 is 29.6 Å². The summed E-state index contributed by atoms with van der Waals surface area (Å²) in [6.45, 7) is 4.45. The van der Waals surface area contributed by atoms with Crippen LogP contribution in [0.25, 0.3) is 21.8 Å². The van der Waals surface area contributed by atoms with Crippen molar-refractivity contribution in [2.45, 2.75) is 20.4 Å². The van der Waals surface area contributed by atoms with Crippen LogP contribution in [0.2, 0.25) is 0 Å². The van der Waals surface area contributed by atoms with Gasteiger partial charge < -0.3 is 14.4 Å². The Kier molecular flexibility index (Phi) is 3.83. The maximum absolute atomic E-state index is 10.8. The molecule has 0 radical (unpaired) electrons. The minimum absolute atomic E-state index is 0.0368. The second-order valence-corrected chi connectivity index (χ2v) is 6.76. The van der Waals surface area contributed by atoms with E-state index in [1.807, 2.05) is 28.8 Å². The first kappa shape index (κ1) is 15.3. The van der Waals surface area contributed by atoms with Crippen molar-refractivity contribution in [2.24, 2.45) is 0 Å². The number of phosphoric ester groups is 1. The molecule has 0 saturated heterocycles. The summed E-state index contributed by atoms with van der Waals surface area (Å²) in [5.41, 5.74) is 4.44. The molecule has 2 aromatic carbocycles. The molecule has 0 aliphatic carbocycles. The van der Waals surface area contributed by atoms with Crippen molar-refractivity contribution in [3.63, 3.8) is 0 Å². The molecule has 0 bridgehead atoms. The number of aromatic nitrogens is 1. The lowest BCUT2D eigenvalue weighted by Gasteiger charge is -2.09. The van der Waals surface area contributed by atoms with E-state index in [2.05, 4.69) is 30.5 Å². The Bertz CT molecular complexity index is 835. The molecule has 1 aromatic heterocycles. The second kappa shape index (κ2) is 5.52. The molecule has 3 aromatic rings. The monoisotopic (exact) mass is 319 g/mol. The largest absolute Gasteiger partial charge is 0.469 e. The average molecular weight is 319 g/mol. The maximum atomic E-state index is 10.8. The second-order valence-electron chi connectivity index (χ2n) is 5.52. The quantitative estimate of drug-likeness (QED) is 0.722. The van der Waals surface area contributed by atoms with Crippen molar-refractivity contribution < 1.29 is 18.9 Å². The summed E-state index contributed by atoms with van der Waals surface area (Å²) in [5.74, 6) is 0. The Morgan fingerprint density at radius 2 is 1.50 bits per heavy atom. The predicted octanol–water partition coefficient (Wildman–Crippen LogP) is 3.52. The van der Waals surface area contributed by atoms with Crippen LogP contribution >= 0.6 is 7.82 Å². The summed E-state index contributed by atoms with van der Waals surface area (Å²) in [7, 11) is -4.43. The van der Waals surface area contributed by atoms with Crippen LogP contribution in [-0.4, -0.2) is 21.0 Å². The van der Waals surface area contributed by atoms with Gasteiger partial charge in [0, 0.05) is 28.4 Å². The van der Waals surface area contributed by atoms with Crippen molar-refractivity contribution in [1.82, 2.24) is 4.57 Å². The van der Waals surface area contributed by atoms with E-state index >= 15 is 0 Å². The number of aryl methyl sites for hydroxylation is 2. The molecule has 22 heavy (non-hydrogen) atoms.